The molecule has 0 fully saturated rings. The first-order valence-electron chi connectivity index (χ1n) is 12.2. The number of benzene rings is 3. The molecule has 198 valence electrons. The van der Waals surface area contributed by atoms with Crippen molar-refractivity contribution in [3.63, 3.8) is 0 Å². The van der Waals surface area contributed by atoms with Gasteiger partial charge in [0.2, 0.25) is 5.91 Å². The number of rotatable bonds is 9. The van der Waals surface area contributed by atoms with Crippen molar-refractivity contribution in [3.05, 3.63) is 106 Å². The Morgan fingerprint density at radius 3 is 2.49 bits per heavy atom. The number of carbonyl (C=O) groups excluding carboxylic acids is 1. The highest BCUT2D eigenvalue weighted by atomic mass is 32.2. The summed E-state index contributed by atoms with van der Waals surface area (Å²) in [5, 5.41) is 13.5. The van der Waals surface area contributed by atoms with E-state index in [1.165, 1.54) is 23.9 Å². The Balaban J connectivity index is 1.37. The van der Waals surface area contributed by atoms with Gasteiger partial charge in [-0.15, -0.1) is 0 Å². The second kappa shape index (κ2) is 11.2. The number of thioether (sulfide) groups is 1. The number of fused-ring (bicyclic) bond motifs is 2. The number of halogens is 1. The molecule has 1 atom stereocenters. The number of hydrogen-bond donors (Lipinski definition) is 2. The zero-order valence-corrected chi connectivity index (χ0v) is 21.7. The number of amides is 1. The first kappa shape index (κ1) is 26.2. The van der Waals surface area contributed by atoms with E-state index < -0.39 is 23.5 Å². The Bertz CT molecular complexity index is 1730. The van der Waals surface area contributed by atoms with Gasteiger partial charge in [-0.2, -0.15) is 11.8 Å². The molecule has 0 radical (unpaired) electrons. The van der Waals surface area contributed by atoms with Crippen molar-refractivity contribution in [1.29, 1.82) is 0 Å². The predicted octanol–water partition coefficient (Wildman–Crippen LogP) is 5.70. The lowest BCUT2D eigenvalue weighted by molar-refractivity contribution is -0.141. The number of carboxylic acid groups (broad SMARTS) is 1. The van der Waals surface area contributed by atoms with Crippen molar-refractivity contribution in [2.24, 2.45) is 0 Å². The molecule has 5 rings (SSSR count). The van der Waals surface area contributed by atoms with Gasteiger partial charge in [0.15, 0.2) is 0 Å². The van der Waals surface area contributed by atoms with Crippen molar-refractivity contribution in [1.82, 2.24) is 5.32 Å². The van der Waals surface area contributed by atoms with Crippen LogP contribution in [0.1, 0.15) is 16.7 Å². The molecule has 0 aliphatic carbocycles. The van der Waals surface area contributed by atoms with Crippen LogP contribution in [0.2, 0.25) is 0 Å². The van der Waals surface area contributed by atoms with Crippen LogP contribution in [0.4, 0.5) is 4.39 Å². The molecule has 39 heavy (non-hydrogen) atoms. The van der Waals surface area contributed by atoms with Crippen molar-refractivity contribution in [2.75, 3.05) is 5.75 Å². The van der Waals surface area contributed by atoms with Gasteiger partial charge in [0.05, 0.1) is 18.2 Å². The fourth-order valence-electron chi connectivity index (χ4n) is 4.42. The Morgan fingerprint density at radius 2 is 1.77 bits per heavy atom. The lowest BCUT2D eigenvalue weighted by atomic mass is 9.99. The molecular weight excluding hydrogens is 521 g/mol. The molecule has 2 heterocycles. The van der Waals surface area contributed by atoms with E-state index in [-0.39, 0.29) is 23.6 Å². The fourth-order valence-corrected chi connectivity index (χ4v) is 5.42. The van der Waals surface area contributed by atoms with Gasteiger partial charge in [-0.3, -0.25) is 4.79 Å². The standard InChI is InChI=1S/C30H24FNO6S/c1-17-21-11-23-24(19-7-9-20(31)10-8-19)14-37-26(23)13-27(21)38-30(36)22(17)12-28(33)32-25(29(34)35)16-39-15-18-5-3-2-4-6-18/h2-11,13-14,25H,12,15-16H2,1H3,(H,32,33)(H,34,35)/t25-/m0/s1. The Morgan fingerprint density at radius 1 is 1.03 bits per heavy atom. The third-order valence-electron chi connectivity index (χ3n) is 6.50. The SMILES string of the molecule is Cc1c(CC(=O)N[C@@H](CSCc2ccccc2)C(=O)O)c(=O)oc2cc3occ(-c4ccc(F)cc4)c3cc12. The van der Waals surface area contributed by atoms with E-state index in [2.05, 4.69) is 5.32 Å². The molecule has 5 aromatic rings. The van der Waals surface area contributed by atoms with Crippen LogP contribution in [0.25, 0.3) is 33.1 Å². The number of carboxylic acids is 1. The summed E-state index contributed by atoms with van der Waals surface area (Å²) < 4.78 is 24.6. The fraction of sp³-hybridized carbons (Fsp3) is 0.167. The van der Waals surface area contributed by atoms with E-state index >= 15 is 0 Å². The maximum atomic E-state index is 13.4. The van der Waals surface area contributed by atoms with Crippen LogP contribution < -0.4 is 10.9 Å². The van der Waals surface area contributed by atoms with Gasteiger partial charge < -0.3 is 19.3 Å². The minimum Gasteiger partial charge on any atom is -0.480 e. The average Bonchev–Trinajstić information content (AvgIpc) is 3.33. The minimum absolute atomic E-state index is 0.146. The summed E-state index contributed by atoms with van der Waals surface area (Å²) in [4.78, 5) is 37.4. The highest BCUT2D eigenvalue weighted by molar-refractivity contribution is 7.98. The zero-order valence-electron chi connectivity index (χ0n) is 20.9. The maximum absolute atomic E-state index is 13.4. The van der Waals surface area contributed by atoms with Gasteiger partial charge in [-0.05, 0) is 41.8 Å². The number of aryl methyl sites for hydroxylation is 1. The molecule has 9 heteroatoms. The number of nitrogens with one attached hydrogen (secondary N) is 1. The third-order valence-corrected chi connectivity index (χ3v) is 7.61. The van der Waals surface area contributed by atoms with Gasteiger partial charge in [-0.1, -0.05) is 42.5 Å². The normalized spacial score (nSPS) is 12.1. The summed E-state index contributed by atoms with van der Waals surface area (Å²) in [6.45, 7) is 1.72. The van der Waals surface area contributed by atoms with Gasteiger partial charge in [0.1, 0.15) is 23.0 Å². The van der Waals surface area contributed by atoms with E-state index in [4.69, 9.17) is 8.83 Å². The van der Waals surface area contributed by atoms with Crippen molar-refractivity contribution in [3.8, 4) is 11.1 Å². The molecule has 1 amide bonds. The summed E-state index contributed by atoms with van der Waals surface area (Å²) in [6.07, 6.45) is 1.23. The Hall–Kier alpha value is -4.37. The molecule has 0 aliphatic heterocycles. The molecule has 0 spiro atoms. The Kier molecular flexibility index (Phi) is 7.51. The number of aliphatic carboxylic acids is 1. The van der Waals surface area contributed by atoms with Crippen molar-refractivity contribution < 1.29 is 27.9 Å². The van der Waals surface area contributed by atoms with Crippen molar-refractivity contribution in [2.45, 2.75) is 25.1 Å². The van der Waals surface area contributed by atoms with Crippen LogP contribution in [0, 0.1) is 12.7 Å². The van der Waals surface area contributed by atoms with E-state index in [0.717, 1.165) is 22.1 Å². The highest BCUT2D eigenvalue weighted by Gasteiger charge is 2.23. The number of carbonyl (C=O) groups is 2. The molecule has 0 unspecified atom stereocenters. The molecule has 3 aromatic carbocycles. The first-order chi connectivity index (χ1) is 18.8. The summed E-state index contributed by atoms with van der Waals surface area (Å²) in [5.74, 6) is -1.31. The van der Waals surface area contributed by atoms with E-state index in [1.807, 2.05) is 36.4 Å². The van der Waals surface area contributed by atoms with Gasteiger partial charge in [-0.25, -0.2) is 14.0 Å². The molecule has 0 saturated carbocycles. The minimum atomic E-state index is -1.15. The average molecular weight is 546 g/mol. The van der Waals surface area contributed by atoms with Crippen LogP contribution in [-0.4, -0.2) is 28.8 Å². The van der Waals surface area contributed by atoms with E-state index in [9.17, 15) is 23.9 Å². The predicted molar refractivity (Wildman–Crippen MR) is 148 cm³/mol. The van der Waals surface area contributed by atoms with E-state index in [0.29, 0.717) is 27.9 Å². The van der Waals surface area contributed by atoms with Gasteiger partial charge >= 0.3 is 11.6 Å². The number of furan rings is 1. The van der Waals surface area contributed by atoms with Crippen LogP contribution in [0.15, 0.2) is 86.6 Å². The molecule has 7 nitrogen and oxygen atoms in total. The quantitative estimate of drug-likeness (QED) is 0.229. The van der Waals surface area contributed by atoms with E-state index in [1.54, 1.807) is 31.4 Å². The second-order valence-electron chi connectivity index (χ2n) is 9.13. The molecule has 2 N–H and O–H groups in total. The summed E-state index contributed by atoms with van der Waals surface area (Å²) >= 11 is 1.40. The van der Waals surface area contributed by atoms with Crippen LogP contribution in [0.3, 0.4) is 0 Å². The second-order valence-corrected chi connectivity index (χ2v) is 10.2. The summed E-state index contributed by atoms with van der Waals surface area (Å²) in [7, 11) is 0. The number of hydrogen-bond acceptors (Lipinski definition) is 6. The molecule has 2 aromatic heterocycles. The molecule has 0 aliphatic rings. The van der Waals surface area contributed by atoms with Gasteiger partial charge in [0, 0.05) is 33.9 Å². The summed E-state index contributed by atoms with van der Waals surface area (Å²) in [5.41, 5.74) is 3.37. The lowest BCUT2D eigenvalue weighted by Gasteiger charge is -2.15. The first-order valence-corrected chi connectivity index (χ1v) is 13.3. The smallest absolute Gasteiger partial charge is 0.340 e. The Labute approximate surface area is 226 Å². The maximum Gasteiger partial charge on any atom is 0.340 e. The molecule has 0 saturated heterocycles. The topological polar surface area (TPSA) is 110 Å². The zero-order chi connectivity index (χ0) is 27.5. The lowest BCUT2D eigenvalue weighted by Crippen LogP contribution is -2.43. The van der Waals surface area contributed by atoms with Crippen LogP contribution in [0.5, 0.6) is 0 Å². The van der Waals surface area contributed by atoms with Gasteiger partial charge in [0.25, 0.3) is 0 Å². The monoisotopic (exact) mass is 545 g/mol. The summed E-state index contributed by atoms with van der Waals surface area (Å²) in [6, 6.07) is 17.9. The highest BCUT2D eigenvalue weighted by Crippen LogP contribution is 2.34. The van der Waals surface area contributed by atoms with Crippen LogP contribution in [-0.2, 0) is 21.8 Å². The van der Waals surface area contributed by atoms with Crippen LogP contribution >= 0.6 is 11.8 Å². The van der Waals surface area contributed by atoms with Crippen molar-refractivity contribution >= 4 is 45.6 Å². The molecular formula is C30H24FNO6S. The third kappa shape index (κ3) is 5.73. The molecule has 0 bridgehead atoms. The largest absolute Gasteiger partial charge is 0.480 e.